The molecule has 0 saturated heterocycles. The van der Waals surface area contributed by atoms with Crippen LogP contribution in [0.5, 0.6) is 0 Å². The van der Waals surface area contributed by atoms with E-state index in [1.165, 1.54) is 32.1 Å². The van der Waals surface area contributed by atoms with E-state index in [1.807, 2.05) is 12.1 Å². The molecule has 0 bridgehead atoms. The molecule has 0 amide bonds. The van der Waals surface area contributed by atoms with Crippen molar-refractivity contribution in [1.82, 2.24) is 4.57 Å². The molecule has 3 rings (SSSR count). The first-order valence-corrected chi connectivity index (χ1v) is 6.97. The number of nitro groups is 1. The second kappa shape index (κ2) is 5.03. The molecule has 100 valence electrons. The Morgan fingerprint density at radius 1 is 1.21 bits per heavy atom. The van der Waals surface area contributed by atoms with Gasteiger partial charge in [0.25, 0.3) is 5.69 Å². The van der Waals surface area contributed by atoms with Gasteiger partial charge in [-0.05, 0) is 30.9 Å². The maximum atomic E-state index is 10.8. The topological polar surface area (TPSA) is 48.1 Å². The van der Waals surface area contributed by atoms with Crippen LogP contribution in [-0.2, 0) is 6.54 Å². The standard InChI is InChI=1S/C15H18N2O2/c18-17(19)14-6-7-15-13(10-14)8-9-16(15)11-12-4-2-1-3-5-12/h6-10,12H,1-5,11H2. The van der Waals surface area contributed by atoms with Gasteiger partial charge in [0.15, 0.2) is 0 Å². The van der Waals surface area contributed by atoms with Gasteiger partial charge in [-0.25, -0.2) is 0 Å². The molecule has 0 N–H and O–H groups in total. The van der Waals surface area contributed by atoms with Crippen molar-refractivity contribution in [1.29, 1.82) is 0 Å². The summed E-state index contributed by atoms with van der Waals surface area (Å²) in [6.45, 7) is 1.04. The van der Waals surface area contributed by atoms with Crippen LogP contribution in [0.4, 0.5) is 5.69 Å². The molecule has 1 fully saturated rings. The van der Waals surface area contributed by atoms with E-state index in [1.54, 1.807) is 12.1 Å². The molecule has 0 radical (unpaired) electrons. The molecule has 1 aromatic heterocycles. The van der Waals surface area contributed by atoms with Gasteiger partial charge in [0, 0.05) is 35.8 Å². The van der Waals surface area contributed by atoms with Crippen molar-refractivity contribution in [2.45, 2.75) is 38.6 Å². The molecule has 0 unspecified atom stereocenters. The zero-order valence-electron chi connectivity index (χ0n) is 10.9. The first-order chi connectivity index (χ1) is 9.24. The number of aromatic nitrogens is 1. The van der Waals surface area contributed by atoms with Crippen molar-refractivity contribution in [3.8, 4) is 0 Å². The van der Waals surface area contributed by atoms with Crippen LogP contribution in [0.15, 0.2) is 30.5 Å². The minimum Gasteiger partial charge on any atom is -0.347 e. The molecule has 1 heterocycles. The highest BCUT2D eigenvalue weighted by Gasteiger charge is 2.15. The van der Waals surface area contributed by atoms with Crippen molar-refractivity contribution in [2.75, 3.05) is 0 Å². The summed E-state index contributed by atoms with van der Waals surface area (Å²) in [5, 5.41) is 11.7. The van der Waals surface area contributed by atoms with Gasteiger partial charge >= 0.3 is 0 Å². The van der Waals surface area contributed by atoms with Crippen LogP contribution in [-0.4, -0.2) is 9.49 Å². The monoisotopic (exact) mass is 258 g/mol. The second-order valence-electron chi connectivity index (χ2n) is 5.47. The summed E-state index contributed by atoms with van der Waals surface area (Å²) in [5.41, 5.74) is 1.28. The zero-order chi connectivity index (χ0) is 13.2. The van der Waals surface area contributed by atoms with E-state index in [0.717, 1.165) is 23.4 Å². The quantitative estimate of drug-likeness (QED) is 0.614. The van der Waals surface area contributed by atoms with E-state index in [-0.39, 0.29) is 10.6 Å². The number of hydrogen-bond acceptors (Lipinski definition) is 2. The molecule has 1 aliphatic carbocycles. The summed E-state index contributed by atoms with van der Waals surface area (Å²) in [7, 11) is 0. The predicted molar refractivity (Wildman–Crippen MR) is 75.2 cm³/mol. The molecule has 4 nitrogen and oxygen atoms in total. The van der Waals surface area contributed by atoms with E-state index >= 15 is 0 Å². The Labute approximate surface area is 112 Å². The SMILES string of the molecule is O=[N+]([O-])c1ccc2c(ccn2CC2CCCCC2)c1. The van der Waals surface area contributed by atoms with Gasteiger partial charge in [-0.15, -0.1) is 0 Å². The fourth-order valence-corrected chi connectivity index (χ4v) is 3.11. The van der Waals surface area contributed by atoms with Crippen LogP contribution in [0.2, 0.25) is 0 Å². The van der Waals surface area contributed by atoms with Gasteiger partial charge in [-0.2, -0.15) is 0 Å². The minimum atomic E-state index is -0.335. The van der Waals surface area contributed by atoms with E-state index in [4.69, 9.17) is 0 Å². The number of rotatable bonds is 3. The van der Waals surface area contributed by atoms with Crippen LogP contribution in [0, 0.1) is 16.0 Å². The van der Waals surface area contributed by atoms with Crippen molar-refractivity contribution < 1.29 is 4.92 Å². The lowest BCUT2D eigenvalue weighted by atomic mass is 9.89. The van der Waals surface area contributed by atoms with Crippen molar-refractivity contribution >= 4 is 16.6 Å². The molecule has 19 heavy (non-hydrogen) atoms. The molecule has 0 atom stereocenters. The van der Waals surface area contributed by atoms with Gasteiger partial charge in [0.2, 0.25) is 0 Å². The molecule has 0 aliphatic heterocycles. The third-order valence-electron chi connectivity index (χ3n) is 4.15. The first-order valence-electron chi connectivity index (χ1n) is 6.97. The summed E-state index contributed by atoms with van der Waals surface area (Å²) >= 11 is 0. The van der Waals surface area contributed by atoms with Crippen LogP contribution in [0.3, 0.4) is 0 Å². The first kappa shape index (κ1) is 12.2. The summed E-state index contributed by atoms with van der Waals surface area (Å²) in [4.78, 5) is 10.4. The third-order valence-corrected chi connectivity index (χ3v) is 4.15. The smallest absolute Gasteiger partial charge is 0.270 e. The number of benzene rings is 1. The number of hydrogen-bond donors (Lipinski definition) is 0. The Balaban J connectivity index is 1.86. The molecule has 2 aromatic rings. The molecule has 1 aliphatic rings. The van der Waals surface area contributed by atoms with Crippen LogP contribution >= 0.6 is 0 Å². The Hall–Kier alpha value is -1.84. The van der Waals surface area contributed by atoms with Crippen molar-refractivity contribution in [3.63, 3.8) is 0 Å². The number of non-ortho nitro benzene ring substituents is 1. The lowest BCUT2D eigenvalue weighted by Crippen LogP contribution is -2.13. The largest absolute Gasteiger partial charge is 0.347 e. The second-order valence-corrected chi connectivity index (χ2v) is 5.47. The fraction of sp³-hybridized carbons (Fsp3) is 0.467. The van der Waals surface area contributed by atoms with Crippen LogP contribution in [0.1, 0.15) is 32.1 Å². The Morgan fingerprint density at radius 2 is 2.00 bits per heavy atom. The third kappa shape index (κ3) is 2.48. The fourth-order valence-electron chi connectivity index (χ4n) is 3.11. The van der Waals surface area contributed by atoms with E-state index < -0.39 is 0 Å². The molecule has 1 aromatic carbocycles. The Morgan fingerprint density at radius 3 is 2.74 bits per heavy atom. The summed E-state index contributed by atoms with van der Waals surface area (Å²) in [6.07, 6.45) is 8.74. The van der Waals surface area contributed by atoms with E-state index in [2.05, 4.69) is 10.8 Å². The molecular weight excluding hydrogens is 240 g/mol. The van der Waals surface area contributed by atoms with Crippen molar-refractivity contribution in [3.05, 3.63) is 40.6 Å². The van der Waals surface area contributed by atoms with E-state index in [0.29, 0.717) is 0 Å². The van der Waals surface area contributed by atoms with Crippen LogP contribution in [0.25, 0.3) is 10.9 Å². The summed E-state index contributed by atoms with van der Waals surface area (Å²) in [6, 6.07) is 7.11. The Kier molecular flexibility index (Phi) is 3.23. The lowest BCUT2D eigenvalue weighted by molar-refractivity contribution is -0.384. The normalized spacial score (nSPS) is 16.8. The molecule has 1 saturated carbocycles. The maximum absolute atomic E-state index is 10.8. The predicted octanol–water partition coefficient (Wildman–Crippen LogP) is 4.13. The average Bonchev–Trinajstić information content (AvgIpc) is 2.82. The van der Waals surface area contributed by atoms with Gasteiger partial charge in [-0.1, -0.05) is 19.3 Å². The summed E-state index contributed by atoms with van der Waals surface area (Å²) < 4.78 is 2.25. The average molecular weight is 258 g/mol. The maximum Gasteiger partial charge on any atom is 0.270 e. The minimum absolute atomic E-state index is 0.169. The molecular formula is C15H18N2O2. The number of nitro benzene ring substituents is 1. The summed E-state index contributed by atoms with van der Waals surface area (Å²) in [5.74, 6) is 0.763. The highest BCUT2D eigenvalue weighted by Crippen LogP contribution is 2.28. The van der Waals surface area contributed by atoms with Crippen molar-refractivity contribution in [2.24, 2.45) is 5.92 Å². The molecule has 4 heteroatoms. The van der Waals surface area contributed by atoms with Gasteiger partial charge in [-0.3, -0.25) is 10.1 Å². The van der Waals surface area contributed by atoms with Gasteiger partial charge < -0.3 is 4.57 Å². The van der Waals surface area contributed by atoms with Gasteiger partial charge in [0.05, 0.1) is 4.92 Å². The van der Waals surface area contributed by atoms with Crippen LogP contribution < -0.4 is 0 Å². The zero-order valence-corrected chi connectivity index (χ0v) is 10.9. The Bertz CT molecular complexity index is 597. The molecule has 0 spiro atoms. The van der Waals surface area contributed by atoms with E-state index in [9.17, 15) is 10.1 Å². The lowest BCUT2D eigenvalue weighted by Gasteiger charge is -2.22. The highest BCUT2D eigenvalue weighted by atomic mass is 16.6. The number of nitrogens with zero attached hydrogens (tertiary/aromatic N) is 2. The highest BCUT2D eigenvalue weighted by molar-refractivity contribution is 5.82. The van der Waals surface area contributed by atoms with Gasteiger partial charge in [0.1, 0.15) is 0 Å². The number of fused-ring (bicyclic) bond motifs is 1.